The van der Waals surface area contributed by atoms with E-state index >= 15 is 0 Å². The van der Waals surface area contributed by atoms with Crippen molar-refractivity contribution in [3.8, 4) is 23.0 Å². The molecule has 0 saturated heterocycles. The van der Waals surface area contributed by atoms with Gasteiger partial charge in [0.2, 0.25) is 0 Å². The summed E-state index contributed by atoms with van der Waals surface area (Å²) in [6, 6.07) is 9.76. The molecule has 3 aromatic rings. The Morgan fingerprint density at radius 3 is 2.19 bits per heavy atom. The first-order valence-corrected chi connectivity index (χ1v) is 11.1. The summed E-state index contributed by atoms with van der Waals surface area (Å²) in [5, 5.41) is 10.1. The molecule has 0 saturated carbocycles. The molecule has 0 fully saturated rings. The van der Waals surface area contributed by atoms with E-state index in [1.807, 2.05) is 0 Å². The molecule has 0 aliphatic carbocycles. The highest BCUT2D eigenvalue weighted by Gasteiger charge is 2.54. The molecular formula is C25H14Cl2O9. The fourth-order valence-corrected chi connectivity index (χ4v) is 4.73. The van der Waals surface area contributed by atoms with Crippen molar-refractivity contribution < 1.29 is 43.2 Å². The summed E-state index contributed by atoms with van der Waals surface area (Å²) >= 11 is 12.7. The zero-order chi connectivity index (χ0) is 25.9. The van der Waals surface area contributed by atoms with Crippen LogP contribution in [0.25, 0.3) is 0 Å². The third-order valence-electron chi connectivity index (χ3n) is 5.66. The molecule has 2 aliphatic rings. The summed E-state index contributed by atoms with van der Waals surface area (Å²) in [5.41, 5.74) is -1.44. The normalized spacial score (nSPS) is 16.8. The molecule has 11 heteroatoms. The van der Waals surface area contributed by atoms with Crippen LogP contribution in [-0.2, 0) is 19.9 Å². The minimum absolute atomic E-state index is 0.0106. The second kappa shape index (κ2) is 8.25. The van der Waals surface area contributed by atoms with Gasteiger partial charge in [-0.1, -0.05) is 23.2 Å². The van der Waals surface area contributed by atoms with E-state index in [0.717, 1.165) is 13.0 Å². The first-order valence-electron chi connectivity index (χ1n) is 10.3. The van der Waals surface area contributed by atoms with E-state index in [4.69, 9.17) is 42.1 Å². The monoisotopic (exact) mass is 528 g/mol. The van der Waals surface area contributed by atoms with Crippen molar-refractivity contribution in [2.45, 2.75) is 19.4 Å². The predicted octanol–water partition coefficient (Wildman–Crippen LogP) is 5.11. The van der Waals surface area contributed by atoms with E-state index in [9.17, 15) is 24.3 Å². The van der Waals surface area contributed by atoms with Gasteiger partial charge in [0, 0.05) is 41.6 Å². The SMILES string of the molecule is CC(=O)Oc1cc2c(cc1Cl)C1(OC(=O)c3cc(OC(C)=O)c(C(=O)O)cc31)c1cc(Cl)ccc1O2. The number of halogens is 2. The number of aromatic carboxylic acids is 1. The number of hydrogen-bond donors (Lipinski definition) is 1. The Kier molecular flexibility index (Phi) is 5.42. The number of carbonyl (C=O) groups is 4. The molecule has 1 atom stereocenters. The van der Waals surface area contributed by atoms with Gasteiger partial charge in [-0.25, -0.2) is 9.59 Å². The Labute approximate surface area is 213 Å². The molecule has 1 spiro atoms. The molecule has 2 aliphatic heterocycles. The van der Waals surface area contributed by atoms with Crippen molar-refractivity contribution in [3.63, 3.8) is 0 Å². The molecule has 3 aromatic carbocycles. The van der Waals surface area contributed by atoms with E-state index < -0.39 is 29.5 Å². The third kappa shape index (κ3) is 3.55. The minimum atomic E-state index is -1.72. The first-order chi connectivity index (χ1) is 17.0. The molecule has 9 nitrogen and oxygen atoms in total. The molecular weight excluding hydrogens is 515 g/mol. The minimum Gasteiger partial charge on any atom is -0.478 e. The second-order valence-corrected chi connectivity index (χ2v) is 8.82. The van der Waals surface area contributed by atoms with Crippen LogP contribution in [0.15, 0.2) is 42.5 Å². The lowest BCUT2D eigenvalue weighted by molar-refractivity contribution is -0.132. The zero-order valence-corrected chi connectivity index (χ0v) is 20.0. The van der Waals surface area contributed by atoms with Crippen molar-refractivity contribution >= 4 is 47.1 Å². The molecule has 0 bridgehead atoms. The summed E-state index contributed by atoms with van der Waals surface area (Å²) in [5.74, 6) is -3.49. The van der Waals surface area contributed by atoms with Crippen molar-refractivity contribution in [2.24, 2.45) is 0 Å². The van der Waals surface area contributed by atoms with Gasteiger partial charge in [-0.05, 0) is 36.4 Å². The Bertz CT molecular complexity index is 1530. The van der Waals surface area contributed by atoms with Gasteiger partial charge in [0.25, 0.3) is 0 Å². The molecule has 0 radical (unpaired) electrons. The second-order valence-electron chi connectivity index (χ2n) is 7.98. The average Bonchev–Trinajstić information content (AvgIpc) is 3.06. The summed E-state index contributed by atoms with van der Waals surface area (Å²) in [7, 11) is 0. The van der Waals surface area contributed by atoms with E-state index in [-0.39, 0.29) is 50.3 Å². The van der Waals surface area contributed by atoms with Gasteiger partial charge in [0.15, 0.2) is 11.4 Å². The Morgan fingerprint density at radius 2 is 1.53 bits per heavy atom. The summed E-state index contributed by atoms with van der Waals surface area (Å²) < 4.78 is 22.2. The highest BCUT2D eigenvalue weighted by atomic mass is 35.5. The zero-order valence-electron chi connectivity index (χ0n) is 18.5. The fourth-order valence-electron chi connectivity index (χ4n) is 4.35. The van der Waals surface area contributed by atoms with Crippen LogP contribution >= 0.6 is 23.2 Å². The van der Waals surface area contributed by atoms with Crippen LogP contribution in [0.5, 0.6) is 23.0 Å². The standard InChI is InChI=1S/C25H14Cl2O9/c1-10(28)33-20-7-13-15(6-14(20)23(30)31)25(36-24(13)32)16-5-12(26)3-4-19(16)35-21-9-22(34-11(2)29)18(27)8-17(21)25/h3-9H,1-2H3,(H,30,31). The number of ether oxygens (including phenoxy) is 4. The molecule has 1 N–H and O–H groups in total. The van der Waals surface area contributed by atoms with Crippen LogP contribution in [0.1, 0.15) is 51.3 Å². The van der Waals surface area contributed by atoms with E-state index in [1.165, 1.54) is 31.2 Å². The van der Waals surface area contributed by atoms with Gasteiger partial charge >= 0.3 is 23.9 Å². The Hall–Kier alpha value is -4.08. The molecule has 36 heavy (non-hydrogen) atoms. The number of esters is 3. The predicted molar refractivity (Wildman–Crippen MR) is 124 cm³/mol. The lowest BCUT2D eigenvalue weighted by atomic mass is 9.77. The van der Waals surface area contributed by atoms with Gasteiger partial charge in [0.1, 0.15) is 22.8 Å². The number of benzene rings is 3. The van der Waals surface area contributed by atoms with Crippen LogP contribution in [0, 0.1) is 0 Å². The van der Waals surface area contributed by atoms with Crippen molar-refractivity contribution in [1.29, 1.82) is 0 Å². The molecule has 1 unspecified atom stereocenters. The smallest absolute Gasteiger partial charge is 0.340 e. The lowest BCUT2D eigenvalue weighted by Gasteiger charge is -2.37. The number of hydrogen-bond acceptors (Lipinski definition) is 8. The van der Waals surface area contributed by atoms with Crippen LogP contribution in [0.2, 0.25) is 10.0 Å². The highest BCUT2D eigenvalue weighted by Crippen LogP contribution is 2.58. The van der Waals surface area contributed by atoms with Crippen molar-refractivity contribution in [3.05, 3.63) is 80.3 Å². The Morgan fingerprint density at radius 1 is 0.861 bits per heavy atom. The number of carboxylic acids is 1. The van der Waals surface area contributed by atoms with E-state index in [2.05, 4.69) is 0 Å². The molecule has 0 amide bonds. The maximum absolute atomic E-state index is 13.2. The van der Waals surface area contributed by atoms with Crippen molar-refractivity contribution in [2.75, 3.05) is 0 Å². The fraction of sp³-hybridized carbons (Fsp3) is 0.120. The molecule has 5 rings (SSSR count). The lowest BCUT2D eigenvalue weighted by Crippen LogP contribution is -2.33. The summed E-state index contributed by atoms with van der Waals surface area (Å²) in [6.45, 7) is 2.31. The molecule has 182 valence electrons. The average molecular weight is 529 g/mol. The number of carbonyl (C=O) groups excluding carboxylic acids is 3. The van der Waals surface area contributed by atoms with Gasteiger partial charge in [-0.15, -0.1) is 0 Å². The maximum atomic E-state index is 13.2. The quantitative estimate of drug-likeness (QED) is 0.364. The van der Waals surface area contributed by atoms with Crippen LogP contribution < -0.4 is 14.2 Å². The summed E-state index contributed by atoms with van der Waals surface area (Å²) in [4.78, 5) is 48.3. The van der Waals surface area contributed by atoms with Gasteiger partial charge in [-0.2, -0.15) is 0 Å². The maximum Gasteiger partial charge on any atom is 0.340 e. The third-order valence-corrected chi connectivity index (χ3v) is 6.19. The number of rotatable bonds is 3. The highest BCUT2D eigenvalue weighted by molar-refractivity contribution is 6.32. The summed E-state index contributed by atoms with van der Waals surface area (Å²) in [6.07, 6.45) is 0. The largest absolute Gasteiger partial charge is 0.478 e. The molecule has 0 aromatic heterocycles. The topological polar surface area (TPSA) is 125 Å². The van der Waals surface area contributed by atoms with Crippen LogP contribution in [-0.4, -0.2) is 29.0 Å². The van der Waals surface area contributed by atoms with E-state index in [0.29, 0.717) is 10.6 Å². The van der Waals surface area contributed by atoms with Gasteiger partial charge in [0.05, 0.1) is 10.6 Å². The number of carboxylic acid groups (broad SMARTS) is 1. The van der Waals surface area contributed by atoms with Crippen LogP contribution in [0.4, 0.5) is 0 Å². The molecule has 2 heterocycles. The first kappa shape index (κ1) is 23.7. The van der Waals surface area contributed by atoms with Gasteiger partial charge in [-0.3, -0.25) is 9.59 Å². The van der Waals surface area contributed by atoms with Crippen molar-refractivity contribution in [1.82, 2.24) is 0 Å². The number of fused-ring (bicyclic) bond motifs is 6. The Balaban J connectivity index is 1.86. The van der Waals surface area contributed by atoms with Crippen LogP contribution in [0.3, 0.4) is 0 Å². The van der Waals surface area contributed by atoms with Gasteiger partial charge < -0.3 is 24.1 Å². The van der Waals surface area contributed by atoms with E-state index in [1.54, 1.807) is 12.1 Å².